The van der Waals surface area contributed by atoms with Gasteiger partial charge in [0.15, 0.2) is 17.6 Å². The second-order valence-electron chi connectivity index (χ2n) is 12.6. The summed E-state index contributed by atoms with van der Waals surface area (Å²) in [5.74, 6) is 1.80. The Labute approximate surface area is 234 Å². The van der Waals surface area contributed by atoms with Crippen molar-refractivity contribution in [3.8, 4) is 22.8 Å². The second-order valence-corrected chi connectivity index (χ2v) is 12.6. The number of rotatable bonds is 7. The first kappa shape index (κ1) is 27.3. The lowest BCUT2D eigenvalue weighted by Gasteiger charge is -2.47. The Morgan fingerprint density at radius 2 is 1.67 bits per heavy atom. The highest BCUT2D eigenvalue weighted by Crippen LogP contribution is 2.52. The van der Waals surface area contributed by atoms with Gasteiger partial charge in [-0.25, -0.2) is 9.67 Å². The number of hydrogen-bond acceptors (Lipinski definition) is 2. The van der Waals surface area contributed by atoms with Crippen molar-refractivity contribution < 1.29 is 9.25 Å². The van der Waals surface area contributed by atoms with Gasteiger partial charge in [-0.05, 0) is 37.5 Å². The van der Waals surface area contributed by atoms with Gasteiger partial charge in [0.25, 0.3) is 0 Å². The predicted octanol–water partition coefficient (Wildman–Crippen LogP) is 5.94. The van der Waals surface area contributed by atoms with E-state index in [-0.39, 0.29) is 16.4 Å². The standard InChI is InChI=1S/C33H46N6/c1-10-32(7)33(11-2,26-18-13-12-17-25(26)28-23-24(3)37(9)39(28)32)20-16-22-38-21-15-14-19-27(38)29-34-30(31(4,5)6)35-36(29)8/h12-15,17-19,21,23H,10-11,16,20,22H2,1-9H3/q+2. The number of hydrogen-bond donors (Lipinski definition) is 0. The SMILES string of the molecule is CCC1(CCC[n+]2ccccc2-c2nc(C(C)(C)C)nn2C)c2ccccc2-c2cc(C)n(C)[n+]2C1(C)CC. The third-order valence-electron chi connectivity index (χ3n) is 9.50. The second kappa shape index (κ2) is 9.72. The summed E-state index contributed by atoms with van der Waals surface area (Å²) < 4.78 is 9.28. The summed E-state index contributed by atoms with van der Waals surface area (Å²) in [5, 5.41) is 4.75. The third-order valence-corrected chi connectivity index (χ3v) is 9.50. The molecule has 0 aliphatic carbocycles. The van der Waals surface area contributed by atoms with Crippen LogP contribution in [0.3, 0.4) is 0 Å². The van der Waals surface area contributed by atoms with Crippen molar-refractivity contribution in [2.24, 2.45) is 14.1 Å². The molecule has 4 aromatic rings. The van der Waals surface area contributed by atoms with Gasteiger partial charge in [-0.15, -0.1) is 4.68 Å². The predicted molar refractivity (Wildman–Crippen MR) is 156 cm³/mol. The lowest BCUT2D eigenvalue weighted by molar-refractivity contribution is -0.832. The number of aromatic nitrogens is 6. The Bertz CT molecular complexity index is 1500. The quantitative estimate of drug-likeness (QED) is 0.280. The molecule has 0 saturated carbocycles. The van der Waals surface area contributed by atoms with Gasteiger partial charge in [0.05, 0.1) is 23.7 Å². The van der Waals surface area contributed by atoms with Crippen molar-refractivity contribution in [2.75, 3.05) is 0 Å². The smallest absolute Gasteiger partial charge is 0.244 e. The maximum Gasteiger partial charge on any atom is 0.250 e. The molecule has 0 bridgehead atoms. The van der Waals surface area contributed by atoms with Gasteiger partial charge in [0.2, 0.25) is 17.2 Å². The minimum atomic E-state index is -0.0894. The van der Waals surface area contributed by atoms with Gasteiger partial charge in [-0.2, -0.15) is 14.3 Å². The molecule has 4 heterocycles. The molecule has 6 nitrogen and oxygen atoms in total. The summed E-state index contributed by atoms with van der Waals surface area (Å²) in [6.45, 7) is 16.9. The molecule has 0 amide bonds. The van der Waals surface area contributed by atoms with Crippen LogP contribution in [-0.4, -0.2) is 19.4 Å². The van der Waals surface area contributed by atoms with Crippen LogP contribution >= 0.6 is 0 Å². The first-order valence-corrected chi connectivity index (χ1v) is 14.6. The topological polar surface area (TPSA) is 43.4 Å². The minimum absolute atomic E-state index is 0.0221. The summed E-state index contributed by atoms with van der Waals surface area (Å²) in [6.07, 6.45) is 6.54. The average molecular weight is 527 g/mol. The van der Waals surface area contributed by atoms with Crippen LogP contribution in [0.15, 0.2) is 54.7 Å². The lowest BCUT2D eigenvalue weighted by Crippen LogP contribution is -2.71. The third kappa shape index (κ3) is 4.14. The fourth-order valence-corrected chi connectivity index (χ4v) is 7.07. The molecule has 0 saturated heterocycles. The molecule has 39 heavy (non-hydrogen) atoms. The molecule has 3 aromatic heterocycles. The van der Waals surface area contributed by atoms with E-state index in [1.54, 1.807) is 0 Å². The van der Waals surface area contributed by atoms with E-state index in [2.05, 4.69) is 124 Å². The molecular weight excluding hydrogens is 480 g/mol. The maximum absolute atomic E-state index is 4.97. The number of pyridine rings is 1. The highest BCUT2D eigenvalue weighted by Gasteiger charge is 2.60. The lowest BCUT2D eigenvalue weighted by atomic mass is 9.58. The van der Waals surface area contributed by atoms with Crippen molar-refractivity contribution in [3.05, 3.63) is 71.8 Å². The summed E-state index contributed by atoms with van der Waals surface area (Å²) in [5.41, 5.74) is 6.54. The fourth-order valence-electron chi connectivity index (χ4n) is 7.07. The molecular formula is C33H46N6+2. The molecule has 6 heteroatoms. The average Bonchev–Trinajstić information content (AvgIpc) is 3.46. The largest absolute Gasteiger partial charge is 0.250 e. The Morgan fingerprint density at radius 3 is 2.33 bits per heavy atom. The van der Waals surface area contributed by atoms with Crippen LogP contribution in [0.1, 0.15) is 84.3 Å². The van der Waals surface area contributed by atoms with Crippen LogP contribution in [0.4, 0.5) is 0 Å². The zero-order chi connectivity index (χ0) is 28.2. The van der Waals surface area contributed by atoms with Crippen LogP contribution in [0, 0.1) is 6.92 Å². The monoisotopic (exact) mass is 526 g/mol. The first-order chi connectivity index (χ1) is 18.5. The van der Waals surface area contributed by atoms with E-state index in [0.717, 1.165) is 49.6 Å². The minimum Gasteiger partial charge on any atom is -0.244 e. The molecule has 206 valence electrons. The van der Waals surface area contributed by atoms with E-state index in [0.29, 0.717) is 0 Å². The van der Waals surface area contributed by atoms with Crippen molar-refractivity contribution >= 4 is 0 Å². The van der Waals surface area contributed by atoms with Crippen LogP contribution in [0.2, 0.25) is 0 Å². The van der Waals surface area contributed by atoms with E-state index in [9.17, 15) is 0 Å². The molecule has 0 radical (unpaired) electrons. The molecule has 2 unspecified atom stereocenters. The van der Waals surface area contributed by atoms with Crippen molar-refractivity contribution in [1.82, 2.24) is 19.4 Å². The van der Waals surface area contributed by atoms with E-state index >= 15 is 0 Å². The molecule has 0 N–H and O–H groups in total. The molecule has 2 atom stereocenters. The maximum atomic E-state index is 4.97. The highest BCUT2D eigenvalue weighted by atomic mass is 15.4. The van der Waals surface area contributed by atoms with Gasteiger partial charge >= 0.3 is 0 Å². The van der Waals surface area contributed by atoms with Gasteiger partial charge in [0.1, 0.15) is 6.54 Å². The Hall–Kier alpha value is -3.28. The summed E-state index contributed by atoms with van der Waals surface area (Å²) >= 11 is 0. The van der Waals surface area contributed by atoms with Gasteiger partial charge < -0.3 is 0 Å². The van der Waals surface area contributed by atoms with Crippen molar-refractivity contribution in [3.63, 3.8) is 0 Å². The Balaban J connectivity index is 1.53. The van der Waals surface area contributed by atoms with E-state index in [1.807, 2.05) is 11.7 Å². The number of benzene rings is 1. The zero-order valence-electron chi connectivity index (χ0n) is 25.4. The van der Waals surface area contributed by atoms with Crippen molar-refractivity contribution in [2.45, 2.75) is 97.1 Å². The van der Waals surface area contributed by atoms with E-state index in [1.165, 1.54) is 22.5 Å². The summed E-state index contributed by atoms with van der Waals surface area (Å²) in [7, 11) is 4.23. The number of aryl methyl sites for hydroxylation is 3. The Kier molecular flexibility index (Phi) is 6.80. The van der Waals surface area contributed by atoms with Gasteiger partial charge in [-0.3, -0.25) is 0 Å². The van der Waals surface area contributed by atoms with E-state index in [4.69, 9.17) is 10.1 Å². The fraction of sp³-hybridized carbons (Fsp3) is 0.515. The van der Waals surface area contributed by atoms with Crippen LogP contribution in [0.5, 0.6) is 0 Å². The number of nitrogens with zero attached hydrogens (tertiary/aromatic N) is 6. The summed E-state index contributed by atoms with van der Waals surface area (Å²) in [4.78, 5) is 4.97. The van der Waals surface area contributed by atoms with Crippen LogP contribution in [-0.2, 0) is 37.0 Å². The summed E-state index contributed by atoms with van der Waals surface area (Å²) in [6, 6.07) is 17.9. The molecule has 0 spiro atoms. The molecule has 1 aromatic carbocycles. The van der Waals surface area contributed by atoms with Crippen molar-refractivity contribution in [1.29, 1.82) is 0 Å². The number of fused-ring (bicyclic) bond motifs is 3. The molecule has 1 aliphatic heterocycles. The zero-order valence-corrected chi connectivity index (χ0v) is 25.4. The van der Waals surface area contributed by atoms with E-state index < -0.39 is 0 Å². The molecule has 5 rings (SSSR count). The van der Waals surface area contributed by atoms with Gasteiger partial charge in [-0.1, -0.05) is 52.8 Å². The van der Waals surface area contributed by atoms with Crippen LogP contribution in [0.25, 0.3) is 22.8 Å². The Morgan fingerprint density at radius 1 is 0.949 bits per heavy atom. The van der Waals surface area contributed by atoms with Gasteiger partial charge in [0, 0.05) is 50.4 Å². The van der Waals surface area contributed by atoms with Crippen LogP contribution < -0.4 is 9.25 Å². The highest BCUT2D eigenvalue weighted by molar-refractivity contribution is 5.65. The first-order valence-electron chi connectivity index (χ1n) is 14.6. The normalized spacial score (nSPS) is 20.6. The molecule has 1 aliphatic rings. The molecule has 0 fully saturated rings.